The average Bonchev–Trinajstić information content (AvgIpc) is 2.86. The van der Waals surface area contributed by atoms with Crippen LogP contribution in [0, 0.1) is 13.8 Å². The van der Waals surface area contributed by atoms with Gasteiger partial charge in [0.05, 0.1) is 11.8 Å². The first kappa shape index (κ1) is 16.2. The van der Waals surface area contributed by atoms with Gasteiger partial charge in [0.25, 0.3) is 5.91 Å². The lowest BCUT2D eigenvalue weighted by Crippen LogP contribution is -2.26. The largest absolute Gasteiger partial charge is 0.374 e. The molecule has 2 rings (SSSR count). The van der Waals surface area contributed by atoms with E-state index in [4.69, 9.17) is 9.26 Å². The van der Waals surface area contributed by atoms with Crippen molar-refractivity contribution >= 4 is 5.91 Å². The van der Waals surface area contributed by atoms with Crippen molar-refractivity contribution in [2.24, 2.45) is 0 Å². The van der Waals surface area contributed by atoms with Crippen molar-refractivity contribution in [3.8, 4) is 0 Å². The highest BCUT2D eigenvalue weighted by molar-refractivity contribution is 5.96. The fraction of sp³-hybridized carbons (Fsp3) is 0.412. The molecule has 5 heteroatoms. The van der Waals surface area contributed by atoms with Gasteiger partial charge in [0, 0.05) is 13.2 Å². The Morgan fingerprint density at radius 2 is 2.05 bits per heavy atom. The Morgan fingerprint density at radius 3 is 2.68 bits per heavy atom. The van der Waals surface area contributed by atoms with Gasteiger partial charge in [-0.25, -0.2) is 0 Å². The number of carbonyl (C=O) groups is 1. The second-order valence-electron chi connectivity index (χ2n) is 5.23. The maximum absolute atomic E-state index is 12.0. The summed E-state index contributed by atoms with van der Waals surface area (Å²) in [4.78, 5) is 12.0. The van der Waals surface area contributed by atoms with E-state index in [0.717, 1.165) is 12.0 Å². The zero-order valence-corrected chi connectivity index (χ0v) is 13.3. The Morgan fingerprint density at radius 1 is 1.32 bits per heavy atom. The quantitative estimate of drug-likeness (QED) is 0.798. The van der Waals surface area contributed by atoms with E-state index in [1.165, 1.54) is 0 Å². The van der Waals surface area contributed by atoms with Crippen LogP contribution in [0.1, 0.15) is 46.8 Å². The molecule has 1 aromatic heterocycles. The molecule has 5 nitrogen and oxygen atoms in total. The van der Waals surface area contributed by atoms with Gasteiger partial charge >= 0.3 is 0 Å². The number of aryl methyl sites for hydroxylation is 2. The van der Waals surface area contributed by atoms with Crippen molar-refractivity contribution in [1.29, 1.82) is 0 Å². The lowest BCUT2D eigenvalue weighted by atomic mass is 10.1. The third-order valence-electron chi connectivity index (χ3n) is 3.50. The van der Waals surface area contributed by atoms with Crippen LogP contribution in [0.5, 0.6) is 0 Å². The molecule has 0 bridgehead atoms. The summed E-state index contributed by atoms with van der Waals surface area (Å²) in [5, 5.41) is 6.64. The summed E-state index contributed by atoms with van der Waals surface area (Å²) < 4.78 is 10.8. The third-order valence-corrected chi connectivity index (χ3v) is 3.50. The zero-order chi connectivity index (χ0) is 15.9. The number of nitrogens with zero attached hydrogens (tertiary/aromatic N) is 1. The van der Waals surface area contributed by atoms with Crippen molar-refractivity contribution < 1.29 is 14.1 Å². The van der Waals surface area contributed by atoms with E-state index >= 15 is 0 Å². The number of carbonyl (C=O) groups excluding carboxylic acids is 1. The number of hydrogen-bond acceptors (Lipinski definition) is 4. The summed E-state index contributed by atoms with van der Waals surface area (Å²) in [5.41, 5.74) is 2.30. The highest BCUT2D eigenvalue weighted by Gasteiger charge is 2.16. The van der Waals surface area contributed by atoms with E-state index in [1.54, 1.807) is 13.8 Å². The lowest BCUT2D eigenvalue weighted by Gasteiger charge is -2.13. The molecule has 1 N–H and O–H groups in total. The number of ether oxygens (including phenoxy) is 1. The molecule has 0 aliphatic carbocycles. The molecule has 2 aromatic rings. The van der Waals surface area contributed by atoms with Crippen LogP contribution in [-0.4, -0.2) is 24.2 Å². The molecule has 0 saturated carbocycles. The predicted molar refractivity (Wildman–Crippen MR) is 83.7 cm³/mol. The van der Waals surface area contributed by atoms with E-state index in [0.29, 0.717) is 30.2 Å². The topological polar surface area (TPSA) is 64.4 Å². The monoisotopic (exact) mass is 302 g/mol. The number of benzene rings is 1. The van der Waals surface area contributed by atoms with Crippen molar-refractivity contribution in [3.05, 3.63) is 52.9 Å². The van der Waals surface area contributed by atoms with Crippen LogP contribution in [0.4, 0.5) is 0 Å². The molecular formula is C17H22N2O3. The summed E-state index contributed by atoms with van der Waals surface area (Å²) >= 11 is 0. The molecule has 22 heavy (non-hydrogen) atoms. The molecule has 0 radical (unpaired) electrons. The molecular weight excluding hydrogens is 280 g/mol. The highest BCUT2D eigenvalue weighted by atomic mass is 16.5. The summed E-state index contributed by atoms with van der Waals surface area (Å²) in [6.45, 7) is 6.68. The fourth-order valence-electron chi connectivity index (χ4n) is 2.25. The SMILES string of the molecule is Cc1noc(C)c1C(=O)NCCCOC(C)c1ccccc1. The number of rotatable bonds is 7. The maximum Gasteiger partial charge on any atom is 0.256 e. The van der Waals surface area contributed by atoms with Crippen molar-refractivity contribution in [2.45, 2.75) is 33.3 Å². The number of hydrogen-bond donors (Lipinski definition) is 1. The van der Waals surface area contributed by atoms with Crippen LogP contribution in [0.15, 0.2) is 34.9 Å². The van der Waals surface area contributed by atoms with E-state index < -0.39 is 0 Å². The van der Waals surface area contributed by atoms with Gasteiger partial charge in [0.1, 0.15) is 11.3 Å². The smallest absolute Gasteiger partial charge is 0.256 e. The normalized spacial score (nSPS) is 12.1. The molecule has 1 amide bonds. The summed E-state index contributed by atoms with van der Waals surface area (Å²) in [6.07, 6.45) is 0.811. The average molecular weight is 302 g/mol. The molecule has 0 saturated heterocycles. The molecule has 1 heterocycles. The molecule has 0 spiro atoms. The van der Waals surface area contributed by atoms with Crippen molar-refractivity contribution in [1.82, 2.24) is 10.5 Å². The van der Waals surface area contributed by atoms with Gasteiger partial charge in [-0.05, 0) is 32.8 Å². The minimum Gasteiger partial charge on any atom is -0.374 e. The van der Waals surface area contributed by atoms with Gasteiger partial charge in [-0.15, -0.1) is 0 Å². The summed E-state index contributed by atoms with van der Waals surface area (Å²) in [7, 11) is 0. The fourth-order valence-corrected chi connectivity index (χ4v) is 2.25. The van der Waals surface area contributed by atoms with Crippen LogP contribution in [0.3, 0.4) is 0 Å². The van der Waals surface area contributed by atoms with E-state index in [9.17, 15) is 4.79 Å². The minimum absolute atomic E-state index is 0.0551. The Bertz CT molecular complexity index is 588. The van der Waals surface area contributed by atoms with E-state index in [2.05, 4.69) is 10.5 Å². The Balaban J connectivity index is 1.68. The second kappa shape index (κ2) is 7.75. The molecule has 0 aliphatic rings. The molecule has 1 aromatic carbocycles. The van der Waals surface area contributed by atoms with E-state index in [-0.39, 0.29) is 12.0 Å². The first-order valence-corrected chi connectivity index (χ1v) is 7.47. The first-order chi connectivity index (χ1) is 10.6. The standard InChI is InChI=1S/C17H22N2O3/c1-12-16(14(3)22-19-12)17(20)18-10-7-11-21-13(2)15-8-5-4-6-9-15/h4-6,8-9,13H,7,10-11H2,1-3H3,(H,18,20). The molecule has 1 unspecified atom stereocenters. The van der Waals surface area contributed by atoms with Gasteiger partial charge < -0.3 is 14.6 Å². The third kappa shape index (κ3) is 4.18. The Kier molecular flexibility index (Phi) is 5.72. The van der Waals surface area contributed by atoms with E-state index in [1.807, 2.05) is 37.3 Å². The van der Waals surface area contributed by atoms with Crippen LogP contribution in [0.2, 0.25) is 0 Å². The molecule has 118 valence electrons. The van der Waals surface area contributed by atoms with Crippen LogP contribution >= 0.6 is 0 Å². The number of aromatic nitrogens is 1. The highest BCUT2D eigenvalue weighted by Crippen LogP contribution is 2.16. The minimum atomic E-state index is -0.146. The van der Waals surface area contributed by atoms with Crippen molar-refractivity contribution in [3.63, 3.8) is 0 Å². The molecule has 0 aliphatic heterocycles. The summed E-state index contributed by atoms with van der Waals surface area (Å²) in [6, 6.07) is 10.1. The molecule has 1 atom stereocenters. The number of nitrogens with one attached hydrogen (secondary N) is 1. The predicted octanol–water partition coefficient (Wildman–Crippen LogP) is 3.19. The Labute approximate surface area is 130 Å². The summed E-state index contributed by atoms with van der Waals surface area (Å²) in [5.74, 6) is 0.399. The number of amides is 1. The van der Waals surface area contributed by atoms with Crippen LogP contribution in [0.25, 0.3) is 0 Å². The van der Waals surface area contributed by atoms with Gasteiger partial charge in [-0.1, -0.05) is 35.5 Å². The molecule has 0 fully saturated rings. The van der Waals surface area contributed by atoms with Gasteiger partial charge in [-0.2, -0.15) is 0 Å². The first-order valence-electron chi connectivity index (χ1n) is 7.47. The Hall–Kier alpha value is -2.14. The van der Waals surface area contributed by atoms with Gasteiger partial charge in [0.15, 0.2) is 0 Å². The van der Waals surface area contributed by atoms with Gasteiger partial charge in [-0.3, -0.25) is 4.79 Å². The van der Waals surface area contributed by atoms with Crippen LogP contribution < -0.4 is 5.32 Å². The van der Waals surface area contributed by atoms with Crippen LogP contribution in [-0.2, 0) is 4.74 Å². The lowest BCUT2D eigenvalue weighted by molar-refractivity contribution is 0.0635. The zero-order valence-electron chi connectivity index (χ0n) is 13.3. The van der Waals surface area contributed by atoms with Gasteiger partial charge in [0.2, 0.25) is 0 Å². The maximum atomic E-state index is 12.0. The van der Waals surface area contributed by atoms with Crippen molar-refractivity contribution in [2.75, 3.05) is 13.2 Å². The second-order valence-corrected chi connectivity index (χ2v) is 5.23.